The molecule has 0 aromatic heterocycles. The van der Waals surface area contributed by atoms with E-state index in [0.717, 1.165) is 108 Å². The normalized spacial score (nSPS) is 14.5. The summed E-state index contributed by atoms with van der Waals surface area (Å²) in [6.45, 7) is 14.0. The van der Waals surface area contributed by atoms with Gasteiger partial charge in [0.2, 0.25) is 0 Å². The first-order valence-corrected chi connectivity index (χ1v) is 40.2. The molecule has 0 bridgehead atoms. The minimum Gasteiger partial charge on any atom is -0.462 e. The largest absolute Gasteiger partial charge is 0.472 e. The molecule has 0 rings (SSSR count). The van der Waals surface area contributed by atoms with Crippen LogP contribution in [0.25, 0.3) is 0 Å². The van der Waals surface area contributed by atoms with Crippen molar-refractivity contribution in [1.82, 2.24) is 0 Å². The van der Waals surface area contributed by atoms with E-state index in [1.165, 1.54) is 161 Å². The van der Waals surface area contributed by atoms with Crippen LogP contribution >= 0.6 is 15.6 Å². The van der Waals surface area contributed by atoms with Gasteiger partial charge in [0.25, 0.3) is 0 Å². The van der Waals surface area contributed by atoms with Crippen LogP contribution in [-0.2, 0) is 65.4 Å². The summed E-state index contributed by atoms with van der Waals surface area (Å²) in [6, 6.07) is 0. The van der Waals surface area contributed by atoms with Gasteiger partial charge in [-0.05, 0) is 49.4 Å². The highest BCUT2D eigenvalue weighted by Crippen LogP contribution is 2.45. The molecule has 3 N–H and O–H groups in total. The quantitative estimate of drug-likeness (QED) is 0.0222. The molecule has 0 spiro atoms. The van der Waals surface area contributed by atoms with E-state index in [9.17, 15) is 43.2 Å². The van der Waals surface area contributed by atoms with Crippen LogP contribution in [0.4, 0.5) is 0 Å². The van der Waals surface area contributed by atoms with Gasteiger partial charge in [0.1, 0.15) is 19.3 Å². The van der Waals surface area contributed by atoms with Crippen molar-refractivity contribution in [2.75, 3.05) is 39.6 Å². The minimum absolute atomic E-state index is 0.101. The number of esters is 4. The van der Waals surface area contributed by atoms with Crippen molar-refractivity contribution in [1.29, 1.82) is 0 Å². The fraction of sp³-hybridized carbons (Fsp3) is 0.944. The number of hydrogen-bond donors (Lipinski definition) is 3. The highest BCUT2D eigenvalue weighted by Gasteiger charge is 2.30. The molecule has 0 heterocycles. The van der Waals surface area contributed by atoms with E-state index >= 15 is 0 Å². The van der Waals surface area contributed by atoms with Crippen LogP contribution in [0.1, 0.15) is 357 Å². The lowest BCUT2D eigenvalue weighted by Crippen LogP contribution is -2.30. The van der Waals surface area contributed by atoms with Crippen molar-refractivity contribution in [3.8, 4) is 0 Å². The Bertz CT molecular complexity index is 1800. The maximum atomic E-state index is 13.0. The molecular weight excluding hydrogens is 1200 g/mol. The van der Waals surface area contributed by atoms with Crippen LogP contribution in [-0.4, -0.2) is 96.7 Å². The number of phosphoric acid groups is 2. The molecule has 0 aliphatic rings. The first-order valence-electron chi connectivity index (χ1n) is 37.2. The van der Waals surface area contributed by atoms with Gasteiger partial charge in [-0.3, -0.25) is 37.3 Å². The molecule has 19 heteroatoms. The summed E-state index contributed by atoms with van der Waals surface area (Å²) in [5.74, 6) is 0.803. The average molecular weight is 1340 g/mol. The number of aliphatic hydroxyl groups excluding tert-OH is 1. The van der Waals surface area contributed by atoms with E-state index in [2.05, 4.69) is 55.4 Å². The molecule has 0 aliphatic carbocycles. The lowest BCUT2D eigenvalue weighted by Gasteiger charge is -2.21. The monoisotopic (exact) mass is 1340 g/mol. The SMILES string of the molecule is CCC(C)CCCCCCCCC(=O)O[C@H](COC(=O)CCCCCCCCCCCCCCCCCCCCC(C)C)COP(=O)(O)OCC(O)COP(=O)(O)OC[C@@H](COC(=O)CCCCCCCCCCC(C)C)OC(=O)CCCCCCCCC(C)C. The standard InChI is InChI=1S/C72H140O17P2/c1-9-65(8)51-43-35-29-31-39-47-55-72(77)89-68(59-82-69(74)52-44-36-26-21-19-17-15-13-11-10-12-14-16-18-20-24-32-40-48-62(2)3)61-87-91(80,81)85-57-66(73)56-84-90(78,79)86-60-67(88-71(76)54-46-38-30-28-34-42-50-64(6)7)58-83-70(75)53-45-37-27-23-22-25-33-41-49-63(4)5/h62-68,73H,9-61H2,1-8H3,(H,78,79)(H,80,81)/t65?,66?,67-,68-/m1/s1. The van der Waals surface area contributed by atoms with Crippen molar-refractivity contribution >= 4 is 39.5 Å². The third-order valence-corrected chi connectivity index (χ3v) is 18.8. The van der Waals surface area contributed by atoms with Crippen LogP contribution in [0.5, 0.6) is 0 Å². The highest BCUT2D eigenvalue weighted by atomic mass is 31.2. The van der Waals surface area contributed by atoms with Gasteiger partial charge >= 0.3 is 39.5 Å². The Kier molecular flexibility index (Phi) is 60.3. The number of unbranched alkanes of at least 4 members (excludes halogenated alkanes) is 34. The zero-order valence-corrected chi connectivity index (χ0v) is 61.3. The Morgan fingerprint density at radius 3 is 0.780 bits per heavy atom. The number of ether oxygens (including phenoxy) is 4. The molecule has 0 radical (unpaired) electrons. The van der Waals surface area contributed by atoms with Crippen LogP contribution in [0, 0.1) is 23.7 Å². The Balaban J connectivity index is 5.12. The predicted octanol–water partition coefficient (Wildman–Crippen LogP) is 20.5. The number of hydrogen-bond acceptors (Lipinski definition) is 15. The fourth-order valence-corrected chi connectivity index (χ4v) is 12.4. The summed E-state index contributed by atoms with van der Waals surface area (Å²) in [7, 11) is -9.90. The van der Waals surface area contributed by atoms with Crippen LogP contribution in [0.2, 0.25) is 0 Å². The van der Waals surface area contributed by atoms with Crippen molar-refractivity contribution in [3.05, 3.63) is 0 Å². The van der Waals surface area contributed by atoms with Gasteiger partial charge in [-0.2, -0.15) is 0 Å². The number of carbonyl (C=O) groups excluding carboxylic acids is 4. The maximum Gasteiger partial charge on any atom is 0.472 e. The van der Waals surface area contributed by atoms with Crippen molar-refractivity contribution in [2.24, 2.45) is 23.7 Å². The summed E-state index contributed by atoms with van der Waals surface area (Å²) >= 11 is 0. The van der Waals surface area contributed by atoms with Crippen molar-refractivity contribution < 1.29 is 80.2 Å². The first kappa shape index (κ1) is 89.1. The van der Waals surface area contributed by atoms with Gasteiger partial charge in [-0.15, -0.1) is 0 Å². The minimum atomic E-state index is -4.95. The molecule has 0 saturated carbocycles. The molecule has 540 valence electrons. The average Bonchev–Trinajstić information content (AvgIpc) is 3.35. The molecule has 91 heavy (non-hydrogen) atoms. The van der Waals surface area contributed by atoms with E-state index < -0.39 is 97.5 Å². The van der Waals surface area contributed by atoms with Crippen LogP contribution in [0.15, 0.2) is 0 Å². The smallest absolute Gasteiger partial charge is 0.462 e. The molecule has 0 aromatic carbocycles. The third kappa shape index (κ3) is 65.1. The lowest BCUT2D eigenvalue weighted by molar-refractivity contribution is -0.161. The summed E-state index contributed by atoms with van der Waals surface area (Å²) < 4.78 is 68.2. The molecule has 17 nitrogen and oxygen atoms in total. The zero-order chi connectivity index (χ0) is 67.5. The van der Waals surface area contributed by atoms with E-state index in [4.69, 9.17) is 37.0 Å². The molecule has 0 aliphatic heterocycles. The summed E-state index contributed by atoms with van der Waals surface area (Å²) in [6.07, 6.45) is 44.9. The van der Waals surface area contributed by atoms with E-state index in [-0.39, 0.29) is 25.7 Å². The van der Waals surface area contributed by atoms with Gasteiger partial charge in [-0.25, -0.2) is 9.13 Å². The molecule has 0 fully saturated rings. The second-order valence-electron chi connectivity index (χ2n) is 27.6. The number of aliphatic hydroxyl groups is 1. The first-order chi connectivity index (χ1) is 43.6. The Morgan fingerprint density at radius 1 is 0.308 bits per heavy atom. The van der Waals surface area contributed by atoms with Gasteiger partial charge in [0, 0.05) is 25.7 Å². The molecule has 4 unspecified atom stereocenters. The zero-order valence-electron chi connectivity index (χ0n) is 59.5. The Morgan fingerprint density at radius 2 is 0.527 bits per heavy atom. The predicted molar refractivity (Wildman–Crippen MR) is 367 cm³/mol. The summed E-state index contributed by atoms with van der Waals surface area (Å²) in [4.78, 5) is 72.5. The third-order valence-electron chi connectivity index (χ3n) is 16.9. The summed E-state index contributed by atoms with van der Waals surface area (Å²) in [5, 5.41) is 10.6. The van der Waals surface area contributed by atoms with Gasteiger partial charge in [0.15, 0.2) is 12.2 Å². The second-order valence-corrected chi connectivity index (χ2v) is 30.6. The molecule has 0 saturated heterocycles. The topological polar surface area (TPSA) is 237 Å². The highest BCUT2D eigenvalue weighted by molar-refractivity contribution is 7.47. The van der Waals surface area contributed by atoms with Crippen LogP contribution in [0.3, 0.4) is 0 Å². The van der Waals surface area contributed by atoms with Gasteiger partial charge < -0.3 is 33.8 Å². The summed E-state index contributed by atoms with van der Waals surface area (Å²) in [5.41, 5.74) is 0. The van der Waals surface area contributed by atoms with Crippen LogP contribution < -0.4 is 0 Å². The molecule has 0 amide bonds. The maximum absolute atomic E-state index is 13.0. The number of carbonyl (C=O) groups is 4. The van der Waals surface area contributed by atoms with E-state index in [0.29, 0.717) is 31.6 Å². The van der Waals surface area contributed by atoms with E-state index in [1.807, 2.05) is 0 Å². The van der Waals surface area contributed by atoms with Crippen molar-refractivity contribution in [2.45, 2.75) is 375 Å². The molecule has 6 atom stereocenters. The number of phosphoric ester groups is 2. The lowest BCUT2D eigenvalue weighted by atomic mass is 10.00. The molecular formula is C72H140O17P2. The van der Waals surface area contributed by atoms with Gasteiger partial charge in [0.05, 0.1) is 26.4 Å². The van der Waals surface area contributed by atoms with Gasteiger partial charge in [-0.1, -0.05) is 306 Å². The second kappa shape index (κ2) is 61.6. The Hall–Kier alpha value is -1.94. The molecule has 0 aromatic rings. The Labute approximate surface area is 556 Å². The van der Waals surface area contributed by atoms with Crippen molar-refractivity contribution in [3.63, 3.8) is 0 Å². The fourth-order valence-electron chi connectivity index (χ4n) is 10.8. The number of rotatable bonds is 69. The van der Waals surface area contributed by atoms with E-state index in [1.54, 1.807) is 0 Å².